The van der Waals surface area contributed by atoms with Crippen LogP contribution in [0.25, 0.3) is 0 Å². The maximum Gasteiger partial charge on any atom is 0.410 e. The van der Waals surface area contributed by atoms with Gasteiger partial charge in [0, 0.05) is 39.9 Å². The number of methoxy groups -OCH3 is 1. The van der Waals surface area contributed by atoms with Crippen molar-refractivity contribution < 1.29 is 14.3 Å². The topological polar surface area (TPSA) is 75.2 Å². The van der Waals surface area contributed by atoms with Crippen molar-refractivity contribution in [1.82, 2.24) is 15.5 Å². The van der Waals surface area contributed by atoms with Crippen LogP contribution in [0.3, 0.4) is 0 Å². The first-order valence-corrected chi connectivity index (χ1v) is 7.87. The van der Waals surface area contributed by atoms with Crippen LogP contribution in [0, 0.1) is 0 Å². The van der Waals surface area contributed by atoms with Crippen molar-refractivity contribution in [1.29, 1.82) is 0 Å². The number of amides is 1. The van der Waals surface area contributed by atoms with E-state index < -0.39 is 5.60 Å². The van der Waals surface area contributed by atoms with Crippen LogP contribution in [0.15, 0.2) is 4.99 Å². The summed E-state index contributed by atoms with van der Waals surface area (Å²) in [7, 11) is 1.69. The van der Waals surface area contributed by atoms with E-state index in [0.717, 1.165) is 18.9 Å². The standard InChI is InChI=1S/C15H30N4O3.HI/c1-6-16-13(17-8-7-9-21-5)18-12-10-19(11-12)14(20)22-15(2,3)4;/h12H,6-11H2,1-5H3,(H2,16,17,18);1H. The van der Waals surface area contributed by atoms with Gasteiger partial charge in [-0.05, 0) is 34.1 Å². The second kappa shape index (κ2) is 10.9. The summed E-state index contributed by atoms with van der Waals surface area (Å²) in [5.74, 6) is 0.785. The van der Waals surface area contributed by atoms with Crippen LogP contribution in [0.2, 0.25) is 0 Å². The molecule has 7 nitrogen and oxygen atoms in total. The first-order chi connectivity index (χ1) is 10.4. The number of halogens is 1. The van der Waals surface area contributed by atoms with E-state index in [9.17, 15) is 4.79 Å². The van der Waals surface area contributed by atoms with Crippen molar-refractivity contribution >= 4 is 36.0 Å². The monoisotopic (exact) mass is 442 g/mol. The molecule has 1 amide bonds. The first-order valence-electron chi connectivity index (χ1n) is 7.87. The molecule has 0 aromatic heterocycles. The van der Waals surface area contributed by atoms with Gasteiger partial charge in [-0.25, -0.2) is 4.79 Å². The van der Waals surface area contributed by atoms with Gasteiger partial charge in [0.15, 0.2) is 5.96 Å². The summed E-state index contributed by atoms with van der Waals surface area (Å²) in [6, 6.07) is 0.216. The summed E-state index contributed by atoms with van der Waals surface area (Å²) >= 11 is 0. The zero-order chi connectivity index (χ0) is 16.6. The Morgan fingerprint density at radius 3 is 2.52 bits per heavy atom. The van der Waals surface area contributed by atoms with Gasteiger partial charge < -0.3 is 25.0 Å². The van der Waals surface area contributed by atoms with Crippen molar-refractivity contribution in [2.45, 2.75) is 45.8 Å². The number of likely N-dealkylation sites (tertiary alicyclic amines) is 1. The van der Waals surface area contributed by atoms with Gasteiger partial charge in [0.25, 0.3) is 0 Å². The van der Waals surface area contributed by atoms with E-state index in [4.69, 9.17) is 9.47 Å². The predicted molar refractivity (Wildman–Crippen MR) is 103 cm³/mol. The van der Waals surface area contributed by atoms with Crippen molar-refractivity contribution in [3.8, 4) is 0 Å². The molecule has 1 fully saturated rings. The van der Waals surface area contributed by atoms with E-state index in [2.05, 4.69) is 15.6 Å². The quantitative estimate of drug-likeness (QED) is 0.284. The van der Waals surface area contributed by atoms with E-state index in [1.807, 2.05) is 27.7 Å². The van der Waals surface area contributed by atoms with Crippen LogP contribution in [0.4, 0.5) is 4.79 Å². The third-order valence-corrected chi connectivity index (χ3v) is 2.99. The van der Waals surface area contributed by atoms with Crippen molar-refractivity contribution in [2.24, 2.45) is 4.99 Å². The van der Waals surface area contributed by atoms with Gasteiger partial charge in [0.1, 0.15) is 5.60 Å². The van der Waals surface area contributed by atoms with Gasteiger partial charge in [0.05, 0.1) is 6.04 Å². The lowest BCUT2D eigenvalue weighted by molar-refractivity contribution is 0.00700. The molecule has 0 spiro atoms. The van der Waals surface area contributed by atoms with Crippen LogP contribution in [0.5, 0.6) is 0 Å². The molecule has 1 rings (SSSR count). The number of guanidine groups is 1. The predicted octanol–water partition coefficient (Wildman–Crippen LogP) is 1.82. The SMILES string of the molecule is CCNC(=NCCCOC)NC1CN(C(=O)OC(C)(C)C)C1.I. The molecule has 1 saturated heterocycles. The molecule has 136 valence electrons. The number of rotatable bonds is 6. The minimum Gasteiger partial charge on any atom is -0.444 e. The van der Waals surface area contributed by atoms with Gasteiger partial charge in [-0.2, -0.15) is 0 Å². The van der Waals surface area contributed by atoms with E-state index in [1.54, 1.807) is 12.0 Å². The molecular weight excluding hydrogens is 411 g/mol. The zero-order valence-electron chi connectivity index (χ0n) is 14.8. The van der Waals surface area contributed by atoms with Crippen molar-refractivity contribution in [3.63, 3.8) is 0 Å². The Hall–Kier alpha value is -0.770. The minimum atomic E-state index is -0.451. The average Bonchev–Trinajstić information content (AvgIpc) is 2.35. The summed E-state index contributed by atoms with van der Waals surface area (Å²) in [6.45, 7) is 11.1. The van der Waals surface area contributed by atoms with Gasteiger partial charge in [-0.1, -0.05) is 0 Å². The third kappa shape index (κ3) is 9.19. The first kappa shape index (κ1) is 22.2. The number of aliphatic imine (C=N–C) groups is 1. The summed E-state index contributed by atoms with van der Waals surface area (Å²) in [6.07, 6.45) is 0.634. The lowest BCUT2D eigenvalue weighted by Gasteiger charge is -2.40. The summed E-state index contributed by atoms with van der Waals surface area (Å²) in [5, 5.41) is 6.53. The Balaban J connectivity index is 0.00000484. The second-order valence-corrected chi connectivity index (χ2v) is 6.33. The highest BCUT2D eigenvalue weighted by Crippen LogP contribution is 2.15. The number of carbonyl (C=O) groups is 1. The highest BCUT2D eigenvalue weighted by Gasteiger charge is 2.34. The van der Waals surface area contributed by atoms with E-state index in [0.29, 0.717) is 26.2 Å². The number of nitrogens with zero attached hydrogens (tertiary/aromatic N) is 2. The molecule has 0 saturated carbocycles. The lowest BCUT2D eigenvalue weighted by Crippen LogP contribution is -2.63. The summed E-state index contributed by atoms with van der Waals surface area (Å²) in [5.41, 5.74) is -0.451. The Morgan fingerprint density at radius 2 is 2.00 bits per heavy atom. The second-order valence-electron chi connectivity index (χ2n) is 6.33. The third-order valence-electron chi connectivity index (χ3n) is 2.99. The molecule has 0 atom stereocenters. The molecular formula is C15H31IN4O3. The zero-order valence-corrected chi connectivity index (χ0v) is 17.2. The smallest absolute Gasteiger partial charge is 0.410 e. The molecule has 0 aromatic rings. The summed E-state index contributed by atoms with van der Waals surface area (Å²) in [4.78, 5) is 18.0. The fourth-order valence-corrected chi connectivity index (χ4v) is 1.96. The number of ether oxygens (including phenoxy) is 2. The van der Waals surface area contributed by atoms with Gasteiger partial charge >= 0.3 is 6.09 Å². The van der Waals surface area contributed by atoms with E-state index in [-0.39, 0.29) is 36.1 Å². The minimum absolute atomic E-state index is 0. The molecule has 1 aliphatic rings. The maximum absolute atomic E-state index is 11.9. The highest BCUT2D eigenvalue weighted by atomic mass is 127. The Bertz CT molecular complexity index is 379. The van der Waals surface area contributed by atoms with Gasteiger partial charge in [-0.15, -0.1) is 24.0 Å². The molecule has 0 radical (unpaired) electrons. The molecule has 2 N–H and O–H groups in total. The van der Waals surface area contributed by atoms with Crippen LogP contribution in [-0.2, 0) is 9.47 Å². The molecule has 0 bridgehead atoms. The number of hydrogen-bond acceptors (Lipinski definition) is 4. The van der Waals surface area contributed by atoms with E-state index >= 15 is 0 Å². The maximum atomic E-state index is 11.9. The molecule has 0 aliphatic carbocycles. The molecule has 23 heavy (non-hydrogen) atoms. The molecule has 8 heteroatoms. The molecule has 1 aliphatic heterocycles. The highest BCUT2D eigenvalue weighted by molar-refractivity contribution is 14.0. The molecule has 1 heterocycles. The Morgan fingerprint density at radius 1 is 1.35 bits per heavy atom. The van der Waals surface area contributed by atoms with Crippen molar-refractivity contribution in [3.05, 3.63) is 0 Å². The van der Waals surface area contributed by atoms with Crippen LogP contribution in [0.1, 0.15) is 34.1 Å². The van der Waals surface area contributed by atoms with Crippen LogP contribution < -0.4 is 10.6 Å². The number of carbonyl (C=O) groups excluding carboxylic acids is 1. The number of hydrogen-bond donors (Lipinski definition) is 2. The normalized spacial score (nSPS) is 15.5. The van der Waals surface area contributed by atoms with Crippen molar-refractivity contribution in [2.75, 3.05) is 39.9 Å². The fourth-order valence-electron chi connectivity index (χ4n) is 1.96. The van der Waals surface area contributed by atoms with Crippen LogP contribution >= 0.6 is 24.0 Å². The van der Waals surface area contributed by atoms with Gasteiger partial charge in [-0.3, -0.25) is 4.99 Å². The van der Waals surface area contributed by atoms with Crippen LogP contribution in [-0.4, -0.2) is 68.5 Å². The van der Waals surface area contributed by atoms with E-state index in [1.165, 1.54) is 0 Å². The molecule has 0 aromatic carbocycles. The Labute approximate surface area is 156 Å². The summed E-state index contributed by atoms with van der Waals surface area (Å²) < 4.78 is 10.3. The largest absolute Gasteiger partial charge is 0.444 e. The molecule has 0 unspecified atom stereocenters. The number of nitrogens with one attached hydrogen (secondary N) is 2. The fraction of sp³-hybridized carbons (Fsp3) is 0.867. The Kier molecular flexibility index (Phi) is 10.5. The average molecular weight is 442 g/mol. The lowest BCUT2D eigenvalue weighted by atomic mass is 10.1. The van der Waals surface area contributed by atoms with Gasteiger partial charge in [0.2, 0.25) is 0 Å².